The second-order valence-corrected chi connectivity index (χ2v) is 4.64. The molecule has 1 aromatic carbocycles. The van der Waals surface area contributed by atoms with E-state index in [1.807, 2.05) is 19.1 Å². The fourth-order valence-corrected chi connectivity index (χ4v) is 2.05. The van der Waals surface area contributed by atoms with Crippen LogP contribution in [0.2, 0.25) is 0 Å². The fourth-order valence-electron chi connectivity index (χ4n) is 2.05. The van der Waals surface area contributed by atoms with E-state index in [2.05, 4.69) is 24.9 Å². The maximum absolute atomic E-state index is 11.4. The Hall–Kier alpha value is -1.51. The summed E-state index contributed by atoms with van der Waals surface area (Å²) in [7, 11) is 2.07. The monoisotopic (exact) mass is 233 g/mol. The molecule has 2 rings (SSSR count). The second-order valence-electron chi connectivity index (χ2n) is 4.64. The summed E-state index contributed by atoms with van der Waals surface area (Å²) in [6.07, 6.45) is 2.35. The van der Waals surface area contributed by atoms with E-state index in [0.717, 1.165) is 23.5 Å². The van der Waals surface area contributed by atoms with E-state index in [0.29, 0.717) is 0 Å². The number of anilines is 1. The molecule has 1 heterocycles. The van der Waals surface area contributed by atoms with E-state index in [-0.39, 0.29) is 11.9 Å². The minimum atomic E-state index is -0.145. The van der Waals surface area contributed by atoms with Crippen molar-refractivity contribution in [3.8, 4) is 5.75 Å². The number of fused-ring (bicyclic) bond motifs is 1. The zero-order chi connectivity index (χ0) is 12.4. The maximum atomic E-state index is 11.4. The average molecular weight is 233 g/mol. The normalized spacial score (nSPS) is 17.8. The predicted molar refractivity (Wildman–Crippen MR) is 68.7 cm³/mol. The van der Waals surface area contributed by atoms with Crippen molar-refractivity contribution in [2.45, 2.75) is 32.6 Å². The number of hydrogen-bond acceptors (Lipinski definition) is 3. The molecular formula is C14H19NO2. The van der Waals surface area contributed by atoms with Crippen molar-refractivity contribution in [1.29, 1.82) is 0 Å². The van der Waals surface area contributed by atoms with E-state index in [1.54, 1.807) is 0 Å². The number of rotatable bonds is 4. The van der Waals surface area contributed by atoms with Gasteiger partial charge in [-0.1, -0.05) is 19.4 Å². The van der Waals surface area contributed by atoms with Crippen LogP contribution in [-0.2, 0) is 4.79 Å². The Morgan fingerprint density at radius 2 is 2.18 bits per heavy atom. The molecule has 1 aliphatic rings. The molecule has 17 heavy (non-hydrogen) atoms. The topological polar surface area (TPSA) is 29.5 Å². The SMILES string of the molecule is CCCCN(C)c1ccc2c(c1)OC(=O)C2C. The van der Waals surface area contributed by atoms with E-state index in [1.165, 1.54) is 12.8 Å². The van der Waals surface area contributed by atoms with Gasteiger partial charge in [0, 0.05) is 30.9 Å². The van der Waals surface area contributed by atoms with Gasteiger partial charge in [0.05, 0.1) is 5.92 Å². The third-order valence-corrected chi connectivity index (χ3v) is 3.32. The number of hydrogen-bond donors (Lipinski definition) is 0. The average Bonchev–Trinajstić information content (AvgIpc) is 2.61. The summed E-state index contributed by atoms with van der Waals surface area (Å²) in [5, 5.41) is 0. The summed E-state index contributed by atoms with van der Waals surface area (Å²) in [5.74, 6) is 0.455. The van der Waals surface area contributed by atoms with Gasteiger partial charge in [0.15, 0.2) is 0 Å². The van der Waals surface area contributed by atoms with Gasteiger partial charge in [-0.3, -0.25) is 4.79 Å². The Bertz CT molecular complexity index is 428. The van der Waals surface area contributed by atoms with E-state index in [9.17, 15) is 4.79 Å². The first-order valence-electron chi connectivity index (χ1n) is 6.20. The standard InChI is InChI=1S/C14H19NO2/c1-4-5-8-15(3)11-6-7-12-10(2)14(16)17-13(12)9-11/h6-7,9-10H,4-5,8H2,1-3H3. The van der Waals surface area contributed by atoms with Crippen LogP contribution >= 0.6 is 0 Å². The molecule has 0 fully saturated rings. The van der Waals surface area contributed by atoms with E-state index in [4.69, 9.17) is 4.74 Å². The smallest absolute Gasteiger partial charge is 0.318 e. The number of esters is 1. The van der Waals surface area contributed by atoms with E-state index < -0.39 is 0 Å². The second kappa shape index (κ2) is 4.78. The van der Waals surface area contributed by atoms with Crippen LogP contribution in [0.15, 0.2) is 18.2 Å². The molecule has 0 aromatic heterocycles. The molecule has 0 radical (unpaired) electrons. The van der Waals surface area contributed by atoms with Gasteiger partial charge in [-0.15, -0.1) is 0 Å². The minimum absolute atomic E-state index is 0.125. The summed E-state index contributed by atoms with van der Waals surface area (Å²) in [5.41, 5.74) is 2.11. The molecular weight excluding hydrogens is 214 g/mol. The third kappa shape index (κ3) is 2.28. The number of carbonyl (C=O) groups is 1. The highest BCUT2D eigenvalue weighted by molar-refractivity contribution is 5.86. The van der Waals surface area contributed by atoms with Gasteiger partial charge in [0.25, 0.3) is 0 Å². The van der Waals surface area contributed by atoms with Crippen LogP contribution in [0, 0.1) is 0 Å². The first-order valence-corrected chi connectivity index (χ1v) is 6.20. The number of carbonyl (C=O) groups excluding carboxylic acids is 1. The van der Waals surface area contributed by atoms with Gasteiger partial charge >= 0.3 is 5.97 Å². The Morgan fingerprint density at radius 1 is 1.41 bits per heavy atom. The van der Waals surface area contributed by atoms with Crippen molar-refractivity contribution >= 4 is 11.7 Å². The molecule has 0 N–H and O–H groups in total. The molecule has 0 saturated carbocycles. The maximum Gasteiger partial charge on any atom is 0.318 e. The molecule has 0 aliphatic carbocycles. The summed E-state index contributed by atoms with van der Waals surface area (Å²) >= 11 is 0. The quantitative estimate of drug-likeness (QED) is 0.591. The van der Waals surface area contributed by atoms with Gasteiger partial charge in [0.1, 0.15) is 5.75 Å². The van der Waals surface area contributed by atoms with Crippen LogP contribution in [-0.4, -0.2) is 19.6 Å². The zero-order valence-corrected chi connectivity index (χ0v) is 10.7. The van der Waals surface area contributed by atoms with Crippen LogP contribution in [0.5, 0.6) is 5.75 Å². The summed E-state index contributed by atoms with van der Waals surface area (Å²) < 4.78 is 5.25. The minimum Gasteiger partial charge on any atom is -0.426 e. The summed E-state index contributed by atoms with van der Waals surface area (Å²) in [6.45, 7) is 5.09. The molecule has 92 valence electrons. The Labute approximate surface area is 102 Å². The molecule has 3 nitrogen and oxygen atoms in total. The van der Waals surface area contributed by atoms with Crippen LogP contribution < -0.4 is 9.64 Å². The molecule has 0 spiro atoms. The van der Waals surface area contributed by atoms with Crippen molar-refractivity contribution in [1.82, 2.24) is 0 Å². The highest BCUT2D eigenvalue weighted by Gasteiger charge is 2.29. The number of nitrogens with zero attached hydrogens (tertiary/aromatic N) is 1. The number of benzene rings is 1. The van der Waals surface area contributed by atoms with Gasteiger partial charge in [-0.25, -0.2) is 0 Å². The van der Waals surface area contributed by atoms with E-state index >= 15 is 0 Å². The Morgan fingerprint density at radius 3 is 2.88 bits per heavy atom. The lowest BCUT2D eigenvalue weighted by molar-refractivity contribution is -0.133. The van der Waals surface area contributed by atoms with Gasteiger partial charge in [-0.05, 0) is 19.4 Å². The molecule has 1 aliphatic heterocycles. The van der Waals surface area contributed by atoms with Crippen molar-refractivity contribution in [3.63, 3.8) is 0 Å². The molecule has 1 aromatic rings. The fraction of sp³-hybridized carbons (Fsp3) is 0.500. The zero-order valence-electron chi connectivity index (χ0n) is 10.7. The largest absolute Gasteiger partial charge is 0.426 e. The van der Waals surface area contributed by atoms with Crippen LogP contribution in [0.25, 0.3) is 0 Å². The van der Waals surface area contributed by atoms with Crippen molar-refractivity contribution < 1.29 is 9.53 Å². The lowest BCUT2D eigenvalue weighted by Gasteiger charge is -2.19. The van der Waals surface area contributed by atoms with Crippen LogP contribution in [0.4, 0.5) is 5.69 Å². The first-order chi connectivity index (χ1) is 8.13. The summed E-state index contributed by atoms with van der Waals surface area (Å²) in [6, 6.07) is 6.03. The Balaban J connectivity index is 2.18. The van der Waals surface area contributed by atoms with Crippen molar-refractivity contribution in [2.75, 3.05) is 18.5 Å². The molecule has 3 heteroatoms. The molecule has 0 amide bonds. The number of unbranched alkanes of at least 4 members (excludes halogenated alkanes) is 1. The lowest BCUT2D eigenvalue weighted by Crippen LogP contribution is -2.18. The third-order valence-electron chi connectivity index (χ3n) is 3.32. The lowest BCUT2D eigenvalue weighted by atomic mass is 10.0. The van der Waals surface area contributed by atoms with Crippen LogP contribution in [0.1, 0.15) is 38.2 Å². The first kappa shape index (κ1) is 12.0. The highest BCUT2D eigenvalue weighted by atomic mass is 16.5. The van der Waals surface area contributed by atoms with Crippen molar-refractivity contribution in [2.24, 2.45) is 0 Å². The molecule has 0 saturated heterocycles. The molecule has 1 atom stereocenters. The van der Waals surface area contributed by atoms with Crippen molar-refractivity contribution in [3.05, 3.63) is 23.8 Å². The number of ether oxygens (including phenoxy) is 1. The van der Waals surface area contributed by atoms with Gasteiger partial charge in [-0.2, -0.15) is 0 Å². The Kier molecular flexibility index (Phi) is 3.36. The van der Waals surface area contributed by atoms with Gasteiger partial charge in [0.2, 0.25) is 0 Å². The molecule has 1 unspecified atom stereocenters. The van der Waals surface area contributed by atoms with Gasteiger partial charge < -0.3 is 9.64 Å². The summed E-state index contributed by atoms with van der Waals surface area (Å²) in [4.78, 5) is 13.6. The highest BCUT2D eigenvalue weighted by Crippen LogP contribution is 2.37. The molecule has 0 bridgehead atoms. The van der Waals surface area contributed by atoms with Crippen LogP contribution in [0.3, 0.4) is 0 Å². The predicted octanol–water partition coefficient (Wildman–Crippen LogP) is 2.95.